The van der Waals surface area contributed by atoms with Gasteiger partial charge in [-0.3, -0.25) is 0 Å². The highest BCUT2D eigenvalue weighted by Gasteiger charge is 2.57. The Bertz CT molecular complexity index is 1380. The zero-order valence-corrected chi connectivity index (χ0v) is 36.7. The molecule has 9 nitrogen and oxygen atoms in total. The summed E-state index contributed by atoms with van der Waals surface area (Å²) in [5, 5.41) is 0.0226. The second-order valence-electron chi connectivity index (χ2n) is 17.2. The average Bonchev–Trinajstić information content (AvgIpc) is 3.07. The van der Waals surface area contributed by atoms with Crippen molar-refractivity contribution in [3.05, 3.63) is 71.8 Å². The molecular formula is C39H61IO9Si2. The molecule has 0 aliphatic carbocycles. The van der Waals surface area contributed by atoms with Crippen molar-refractivity contribution in [2.45, 2.75) is 157 Å². The van der Waals surface area contributed by atoms with E-state index in [2.05, 4.69) is 97.2 Å². The molecule has 0 aromatic heterocycles. The van der Waals surface area contributed by atoms with Gasteiger partial charge in [0, 0.05) is 12.7 Å². The van der Waals surface area contributed by atoms with Crippen molar-refractivity contribution in [3.63, 3.8) is 0 Å². The Labute approximate surface area is 322 Å². The zero-order valence-electron chi connectivity index (χ0n) is 32.6. The topological polar surface area (TPSA) is 83.1 Å². The van der Waals surface area contributed by atoms with Gasteiger partial charge in [0.15, 0.2) is 35.5 Å². The number of alkyl halides is 1. The summed E-state index contributed by atoms with van der Waals surface area (Å²) < 4.78 is 60.3. The van der Waals surface area contributed by atoms with Crippen LogP contribution in [-0.4, -0.2) is 89.6 Å². The number of ether oxygens (including phenoxy) is 7. The van der Waals surface area contributed by atoms with Crippen LogP contribution in [0.1, 0.15) is 65.9 Å². The molecule has 2 aromatic rings. The van der Waals surface area contributed by atoms with Gasteiger partial charge in [-0.15, -0.1) is 0 Å². The molecule has 3 saturated heterocycles. The summed E-state index contributed by atoms with van der Waals surface area (Å²) in [6.07, 6.45) is -5.00. The van der Waals surface area contributed by atoms with E-state index in [9.17, 15) is 0 Å². The summed E-state index contributed by atoms with van der Waals surface area (Å²) in [4.78, 5) is 0. The Morgan fingerprint density at radius 3 is 1.86 bits per heavy atom. The number of rotatable bonds is 11. The Morgan fingerprint density at radius 1 is 0.725 bits per heavy atom. The summed E-state index contributed by atoms with van der Waals surface area (Å²) in [5.74, 6) is 0. The van der Waals surface area contributed by atoms with Crippen LogP contribution in [0.5, 0.6) is 0 Å². The van der Waals surface area contributed by atoms with Gasteiger partial charge in [-0.05, 0) is 48.8 Å². The van der Waals surface area contributed by atoms with E-state index in [-0.39, 0.29) is 32.3 Å². The molecule has 3 aliphatic rings. The van der Waals surface area contributed by atoms with Crippen molar-refractivity contribution in [2.24, 2.45) is 0 Å². The molecule has 3 fully saturated rings. The molecule has 2 aromatic carbocycles. The highest BCUT2D eigenvalue weighted by Crippen LogP contribution is 2.46. The van der Waals surface area contributed by atoms with E-state index in [1.165, 1.54) is 0 Å². The molecule has 0 amide bonds. The predicted molar refractivity (Wildman–Crippen MR) is 212 cm³/mol. The fourth-order valence-electron chi connectivity index (χ4n) is 6.17. The molecule has 1 unspecified atom stereocenters. The first-order valence-corrected chi connectivity index (χ1v) is 25.4. The van der Waals surface area contributed by atoms with Crippen LogP contribution in [0.4, 0.5) is 0 Å². The van der Waals surface area contributed by atoms with Crippen molar-refractivity contribution < 1.29 is 42.0 Å². The van der Waals surface area contributed by atoms with Gasteiger partial charge in [-0.2, -0.15) is 0 Å². The standard InChI is InChI=1S/C39H61IO9Si2/c1-25-30(48-50(9,10)38(2,3)4)32(49-51(11,12)39(5,6)7)29(40)36(44-25)47-33-31-28(24-43-35(46-31)27-21-17-14-18-22-27)45-37(41-8)34(33)42-23-26-19-15-13-16-20-26/h13-22,25,28-37H,23-24H2,1-12H3/t25-,28-,29+,30-,31-,32-,33+,34-,35?,36-,37+/m1/s1. The first kappa shape index (κ1) is 41.4. The van der Waals surface area contributed by atoms with E-state index >= 15 is 0 Å². The molecule has 3 aliphatic heterocycles. The first-order chi connectivity index (χ1) is 23.8. The van der Waals surface area contributed by atoms with Crippen LogP contribution in [0.2, 0.25) is 36.3 Å². The van der Waals surface area contributed by atoms with Gasteiger partial charge in [-0.25, -0.2) is 0 Å². The minimum atomic E-state index is -2.25. The minimum absolute atomic E-state index is 0.00115. The fourth-order valence-corrected chi connectivity index (χ4v) is 10.0. The lowest BCUT2D eigenvalue weighted by Gasteiger charge is -2.53. The Balaban J connectivity index is 1.49. The third-order valence-corrected chi connectivity index (χ3v) is 21.6. The van der Waals surface area contributed by atoms with Gasteiger partial charge in [0.25, 0.3) is 0 Å². The van der Waals surface area contributed by atoms with Gasteiger partial charge < -0.3 is 42.0 Å². The second-order valence-corrected chi connectivity index (χ2v) is 28.1. The summed E-state index contributed by atoms with van der Waals surface area (Å²) in [6, 6.07) is 20.0. The molecule has 3 heterocycles. The average molecular weight is 857 g/mol. The van der Waals surface area contributed by atoms with E-state index < -0.39 is 59.9 Å². The third-order valence-electron chi connectivity index (χ3n) is 11.3. The molecule has 0 radical (unpaired) electrons. The molecular weight excluding hydrogens is 795 g/mol. The summed E-state index contributed by atoms with van der Waals surface area (Å²) >= 11 is 2.47. The van der Waals surface area contributed by atoms with Crippen LogP contribution >= 0.6 is 22.6 Å². The fraction of sp³-hybridized carbons (Fsp3) is 0.692. The third kappa shape index (κ3) is 9.56. The van der Waals surface area contributed by atoms with Crippen molar-refractivity contribution >= 4 is 39.2 Å². The van der Waals surface area contributed by atoms with Gasteiger partial charge in [0.05, 0.1) is 35.5 Å². The first-order valence-electron chi connectivity index (χ1n) is 18.3. The van der Waals surface area contributed by atoms with E-state index in [1.807, 2.05) is 60.7 Å². The molecule has 0 N–H and O–H groups in total. The lowest BCUT2D eigenvalue weighted by atomic mass is 9.96. The van der Waals surface area contributed by atoms with E-state index in [0.717, 1.165) is 11.1 Å². The number of hydrogen-bond acceptors (Lipinski definition) is 9. The largest absolute Gasteiger partial charge is 0.410 e. The van der Waals surface area contributed by atoms with Gasteiger partial charge in [0.1, 0.15) is 24.4 Å². The van der Waals surface area contributed by atoms with Gasteiger partial charge >= 0.3 is 0 Å². The van der Waals surface area contributed by atoms with Crippen LogP contribution in [0.3, 0.4) is 0 Å². The number of benzene rings is 2. The Hall–Kier alpha value is -0.756. The number of hydrogen-bond donors (Lipinski definition) is 0. The highest BCUT2D eigenvalue weighted by molar-refractivity contribution is 14.1. The number of methoxy groups -OCH3 is 1. The summed E-state index contributed by atoms with van der Waals surface area (Å²) in [7, 11) is -2.82. The van der Waals surface area contributed by atoms with E-state index in [4.69, 9.17) is 42.0 Å². The molecule has 0 bridgehead atoms. The molecule has 5 rings (SSSR count). The van der Waals surface area contributed by atoms with Crippen LogP contribution in [0, 0.1) is 0 Å². The molecule has 51 heavy (non-hydrogen) atoms. The number of halogens is 1. The molecule has 11 atom stereocenters. The van der Waals surface area contributed by atoms with Crippen molar-refractivity contribution in [3.8, 4) is 0 Å². The van der Waals surface area contributed by atoms with Crippen LogP contribution in [-0.2, 0) is 48.6 Å². The van der Waals surface area contributed by atoms with Crippen molar-refractivity contribution in [1.29, 1.82) is 0 Å². The molecule has 12 heteroatoms. The van der Waals surface area contributed by atoms with Crippen LogP contribution < -0.4 is 0 Å². The van der Waals surface area contributed by atoms with Crippen LogP contribution in [0.15, 0.2) is 60.7 Å². The SMILES string of the molecule is CO[C@H]1O[C@@H]2COC(c3ccccc3)O[C@H]2[C@H](O[C@H]2O[C@H](C)[C@@H](O[Si](C)(C)C(C)(C)C)[C@H](O[Si](C)(C)C(C)(C)C)[C@@H]2I)[C@H]1OCc1ccccc1. The smallest absolute Gasteiger partial charge is 0.192 e. The highest BCUT2D eigenvalue weighted by atomic mass is 127. The normalized spacial score (nSPS) is 33.9. The maximum atomic E-state index is 7.31. The lowest BCUT2D eigenvalue weighted by molar-refractivity contribution is -0.384. The number of fused-ring (bicyclic) bond motifs is 1. The summed E-state index contributed by atoms with van der Waals surface area (Å²) in [6.45, 7) is 25.6. The maximum Gasteiger partial charge on any atom is 0.192 e. The van der Waals surface area contributed by atoms with Crippen LogP contribution in [0.25, 0.3) is 0 Å². The summed E-state index contributed by atoms with van der Waals surface area (Å²) in [5.41, 5.74) is 1.96. The van der Waals surface area contributed by atoms with Crippen molar-refractivity contribution in [1.82, 2.24) is 0 Å². The van der Waals surface area contributed by atoms with E-state index in [1.54, 1.807) is 7.11 Å². The second kappa shape index (κ2) is 16.5. The quantitative estimate of drug-likeness (QED) is 0.125. The Kier molecular flexibility index (Phi) is 13.4. The zero-order chi connectivity index (χ0) is 37.4. The molecule has 0 spiro atoms. The minimum Gasteiger partial charge on any atom is -0.410 e. The maximum absolute atomic E-state index is 7.31. The van der Waals surface area contributed by atoms with Crippen molar-refractivity contribution in [2.75, 3.05) is 13.7 Å². The van der Waals surface area contributed by atoms with Gasteiger partial charge in [0.2, 0.25) is 0 Å². The molecule has 0 saturated carbocycles. The lowest BCUT2D eigenvalue weighted by Crippen LogP contribution is -2.67. The molecule has 286 valence electrons. The van der Waals surface area contributed by atoms with E-state index in [0.29, 0.717) is 13.2 Å². The Morgan fingerprint density at radius 2 is 1.29 bits per heavy atom. The predicted octanol–water partition coefficient (Wildman–Crippen LogP) is 8.77. The van der Waals surface area contributed by atoms with Gasteiger partial charge in [-0.1, -0.05) is 125 Å². The monoisotopic (exact) mass is 856 g/mol.